The molecule has 1 aliphatic heterocycles. The molecule has 1 N–H and O–H groups in total. The quantitative estimate of drug-likeness (QED) is 0.879. The number of rotatable bonds is 4. The first kappa shape index (κ1) is 14.1. The lowest BCUT2D eigenvalue weighted by Gasteiger charge is -2.30. The van der Waals surface area contributed by atoms with Gasteiger partial charge in [0.2, 0.25) is 5.91 Å². The van der Waals surface area contributed by atoms with Crippen molar-refractivity contribution >= 4 is 5.91 Å². The third-order valence-electron chi connectivity index (χ3n) is 3.92. The summed E-state index contributed by atoms with van der Waals surface area (Å²) >= 11 is 0. The maximum atomic E-state index is 12.6. The molecule has 0 aromatic carbocycles. The van der Waals surface area contributed by atoms with Crippen molar-refractivity contribution < 1.29 is 9.21 Å². The Morgan fingerprint density at radius 3 is 2.95 bits per heavy atom. The molecule has 2 rings (SSSR count). The molecule has 5 nitrogen and oxygen atoms in total. The Hall–Kier alpha value is -1.33. The SMILES string of the molecule is CNCC1C(=O)N(Cc2ccco2)CCC(C)N1C. The molecule has 0 aliphatic carbocycles. The summed E-state index contributed by atoms with van der Waals surface area (Å²) in [4.78, 5) is 16.7. The lowest BCUT2D eigenvalue weighted by Crippen LogP contribution is -2.50. The van der Waals surface area contributed by atoms with E-state index in [0.29, 0.717) is 19.1 Å². The van der Waals surface area contributed by atoms with Gasteiger partial charge in [-0.3, -0.25) is 9.69 Å². The van der Waals surface area contributed by atoms with Crippen molar-refractivity contribution in [3.8, 4) is 0 Å². The van der Waals surface area contributed by atoms with E-state index in [0.717, 1.165) is 18.7 Å². The lowest BCUT2D eigenvalue weighted by atomic mass is 10.2. The minimum absolute atomic E-state index is 0.0996. The second kappa shape index (κ2) is 6.21. The van der Waals surface area contributed by atoms with Crippen LogP contribution >= 0.6 is 0 Å². The van der Waals surface area contributed by atoms with Crippen molar-refractivity contribution in [2.75, 3.05) is 27.2 Å². The summed E-state index contributed by atoms with van der Waals surface area (Å²) in [5.74, 6) is 1.02. The standard InChI is InChI=1S/C14H23N3O2/c1-11-6-7-17(10-12-5-4-8-19-12)14(18)13(9-15-2)16(11)3/h4-5,8,11,13,15H,6-7,9-10H2,1-3H3. The number of amides is 1. The van der Waals surface area contributed by atoms with Gasteiger partial charge in [0, 0.05) is 19.1 Å². The molecule has 0 bridgehead atoms. The van der Waals surface area contributed by atoms with Gasteiger partial charge in [-0.15, -0.1) is 0 Å². The van der Waals surface area contributed by atoms with Gasteiger partial charge in [0.1, 0.15) is 11.8 Å². The highest BCUT2D eigenvalue weighted by atomic mass is 16.3. The topological polar surface area (TPSA) is 48.7 Å². The normalized spacial score (nSPS) is 25.6. The van der Waals surface area contributed by atoms with Gasteiger partial charge in [0.15, 0.2) is 0 Å². The number of carbonyl (C=O) groups is 1. The Balaban J connectivity index is 2.13. The van der Waals surface area contributed by atoms with Crippen LogP contribution in [0, 0.1) is 0 Å². The van der Waals surface area contributed by atoms with E-state index in [2.05, 4.69) is 17.1 Å². The fourth-order valence-corrected chi connectivity index (χ4v) is 2.52. The van der Waals surface area contributed by atoms with Gasteiger partial charge in [-0.1, -0.05) is 0 Å². The van der Waals surface area contributed by atoms with Crippen molar-refractivity contribution in [3.63, 3.8) is 0 Å². The summed E-state index contributed by atoms with van der Waals surface area (Å²) in [6.07, 6.45) is 2.64. The molecule has 1 fully saturated rings. The van der Waals surface area contributed by atoms with Crippen LogP contribution in [-0.4, -0.2) is 55.0 Å². The van der Waals surface area contributed by atoms with Gasteiger partial charge < -0.3 is 14.6 Å². The summed E-state index contributed by atoms with van der Waals surface area (Å²) in [7, 11) is 3.91. The second-order valence-electron chi connectivity index (χ2n) is 5.22. The number of hydrogen-bond acceptors (Lipinski definition) is 4. The highest BCUT2D eigenvalue weighted by Gasteiger charge is 2.33. The number of likely N-dealkylation sites (N-methyl/N-ethyl adjacent to an activating group) is 2. The third-order valence-corrected chi connectivity index (χ3v) is 3.92. The molecule has 2 atom stereocenters. The highest BCUT2D eigenvalue weighted by molar-refractivity contribution is 5.82. The fraction of sp³-hybridized carbons (Fsp3) is 0.643. The van der Waals surface area contributed by atoms with E-state index in [1.54, 1.807) is 6.26 Å². The van der Waals surface area contributed by atoms with Crippen LogP contribution in [0.25, 0.3) is 0 Å². The smallest absolute Gasteiger partial charge is 0.241 e. The molecule has 1 aliphatic rings. The average Bonchev–Trinajstić information content (AvgIpc) is 2.88. The van der Waals surface area contributed by atoms with E-state index in [1.165, 1.54) is 0 Å². The Bertz CT molecular complexity index is 405. The van der Waals surface area contributed by atoms with Crippen LogP contribution in [0.4, 0.5) is 0 Å². The zero-order chi connectivity index (χ0) is 13.8. The maximum absolute atomic E-state index is 12.6. The van der Waals surface area contributed by atoms with Gasteiger partial charge in [-0.2, -0.15) is 0 Å². The van der Waals surface area contributed by atoms with Gasteiger partial charge in [0.25, 0.3) is 0 Å². The second-order valence-corrected chi connectivity index (χ2v) is 5.22. The minimum atomic E-state index is -0.0996. The molecule has 19 heavy (non-hydrogen) atoms. The van der Waals surface area contributed by atoms with E-state index in [4.69, 9.17) is 4.42 Å². The van der Waals surface area contributed by atoms with Crippen molar-refractivity contribution in [3.05, 3.63) is 24.2 Å². The number of furan rings is 1. The number of nitrogens with one attached hydrogen (secondary N) is 1. The fourth-order valence-electron chi connectivity index (χ4n) is 2.52. The summed E-state index contributed by atoms with van der Waals surface area (Å²) in [6.45, 7) is 4.19. The number of carbonyl (C=O) groups excluding carboxylic acids is 1. The van der Waals surface area contributed by atoms with Crippen molar-refractivity contribution in [1.29, 1.82) is 0 Å². The molecule has 0 spiro atoms. The Morgan fingerprint density at radius 1 is 1.53 bits per heavy atom. The molecular formula is C14H23N3O2. The molecule has 5 heteroatoms. The molecule has 1 amide bonds. The van der Waals surface area contributed by atoms with Gasteiger partial charge in [0.05, 0.1) is 12.8 Å². The molecule has 0 radical (unpaired) electrons. The van der Waals surface area contributed by atoms with Crippen molar-refractivity contribution in [2.45, 2.75) is 32.0 Å². The zero-order valence-electron chi connectivity index (χ0n) is 11.9. The first-order valence-corrected chi connectivity index (χ1v) is 6.81. The summed E-state index contributed by atoms with van der Waals surface area (Å²) in [5.41, 5.74) is 0. The van der Waals surface area contributed by atoms with Crippen LogP contribution in [0.1, 0.15) is 19.1 Å². The van der Waals surface area contributed by atoms with Crippen LogP contribution in [0.5, 0.6) is 0 Å². The molecule has 106 valence electrons. The predicted molar refractivity (Wildman–Crippen MR) is 73.7 cm³/mol. The van der Waals surface area contributed by atoms with Gasteiger partial charge in [-0.05, 0) is 39.6 Å². The van der Waals surface area contributed by atoms with E-state index in [1.807, 2.05) is 31.1 Å². The summed E-state index contributed by atoms with van der Waals surface area (Å²) in [6, 6.07) is 4.08. The van der Waals surface area contributed by atoms with Crippen molar-refractivity contribution in [1.82, 2.24) is 15.1 Å². The van der Waals surface area contributed by atoms with Crippen LogP contribution in [0.3, 0.4) is 0 Å². The maximum Gasteiger partial charge on any atom is 0.241 e. The molecule has 1 saturated heterocycles. The average molecular weight is 265 g/mol. The predicted octanol–water partition coefficient (Wildman–Crippen LogP) is 0.920. The largest absolute Gasteiger partial charge is 0.467 e. The Morgan fingerprint density at radius 2 is 2.32 bits per heavy atom. The van der Waals surface area contributed by atoms with E-state index in [9.17, 15) is 4.79 Å². The van der Waals surface area contributed by atoms with E-state index in [-0.39, 0.29) is 11.9 Å². The first-order valence-electron chi connectivity index (χ1n) is 6.81. The number of hydrogen-bond donors (Lipinski definition) is 1. The van der Waals surface area contributed by atoms with Gasteiger partial charge >= 0.3 is 0 Å². The molecule has 1 aromatic heterocycles. The van der Waals surface area contributed by atoms with Crippen LogP contribution in [-0.2, 0) is 11.3 Å². The van der Waals surface area contributed by atoms with E-state index >= 15 is 0 Å². The van der Waals surface area contributed by atoms with Crippen LogP contribution in [0.15, 0.2) is 22.8 Å². The molecule has 0 saturated carbocycles. The van der Waals surface area contributed by atoms with Crippen LogP contribution < -0.4 is 5.32 Å². The third kappa shape index (κ3) is 3.16. The monoisotopic (exact) mass is 265 g/mol. The van der Waals surface area contributed by atoms with Crippen LogP contribution in [0.2, 0.25) is 0 Å². The number of nitrogens with zero attached hydrogens (tertiary/aromatic N) is 2. The molecule has 1 aromatic rings. The Labute approximate surface area is 114 Å². The van der Waals surface area contributed by atoms with Gasteiger partial charge in [-0.25, -0.2) is 0 Å². The van der Waals surface area contributed by atoms with E-state index < -0.39 is 0 Å². The summed E-state index contributed by atoms with van der Waals surface area (Å²) in [5, 5.41) is 3.11. The minimum Gasteiger partial charge on any atom is -0.467 e. The first-order chi connectivity index (χ1) is 9.13. The molecular weight excluding hydrogens is 242 g/mol. The lowest BCUT2D eigenvalue weighted by molar-refractivity contribution is -0.136. The zero-order valence-corrected chi connectivity index (χ0v) is 11.9. The summed E-state index contributed by atoms with van der Waals surface area (Å²) < 4.78 is 5.35. The highest BCUT2D eigenvalue weighted by Crippen LogP contribution is 2.17. The Kier molecular flexibility index (Phi) is 4.61. The molecule has 2 heterocycles. The van der Waals surface area contributed by atoms with Crippen molar-refractivity contribution in [2.24, 2.45) is 0 Å². The molecule has 2 unspecified atom stereocenters.